The molecule has 4 rings (SSSR count). The highest BCUT2D eigenvalue weighted by Gasteiger charge is 2.22. The van der Waals surface area contributed by atoms with Crippen LogP contribution in [0.5, 0.6) is 46.0 Å². The first-order valence-electron chi connectivity index (χ1n) is 19.8. The van der Waals surface area contributed by atoms with Crippen molar-refractivity contribution < 1.29 is 65.0 Å². The van der Waals surface area contributed by atoms with Crippen molar-refractivity contribution in [3.63, 3.8) is 0 Å². The van der Waals surface area contributed by atoms with Crippen LogP contribution in [0.4, 0.5) is 4.39 Å². The standard InChI is InChI=1S/C13H21NO3.C12H18N2O3.C11H16N2O3.C8H10FNO3/c1-4-10(14-8(2)3)13(17)9-5-6-11(15)12(16)7-9;1-13-9(12(17)14(2)3)6-8-4-5-10(15)11(16)7-8;1-13(2)11(16)8(12)5-7-3-4-9(14)10(15)6-7;9-5-2-7(12)6(11)1-4(5)8(13)3-10/h5-8,10,13-17H,4H2,1-3H3;4-5,7,9,13,15-16H,6H2,1-3H3;3-4,6,8,14-15H,5,12H2,1-2H3;1-2,8,11-13H,3,10H2/t;9-;8-;/m.11./s1. The maximum Gasteiger partial charge on any atom is 0.239 e. The number of rotatable bonds is 14. The molecule has 0 saturated carbocycles. The highest BCUT2D eigenvalue weighted by atomic mass is 19.1. The smallest absolute Gasteiger partial charge is 0.239 e. The Bertz CT molecular complexity index is 2060. The van der Waals surface area contributed by atoms with E-state index in [0.717, 1.165) is 24.1 Å². The van der Waals surface area contributed by atoms with E-state index in [2.05, 4.69) is 10.6 Å². The maximum atomic E-state index is 13.0. The summed E-state index contributed by atoms with van der Waals surface area (Å²) in [5, 5.41) is 99.0. The molecule has 0 spiro atoms. The van der Waals surface area contributed by atoms with Crippen LogP contribution in [0.25, 0.3) is 0 Å². The number of aliphatic hydroxyl groups is 2. The zero-order valence-electron chi connectivity index (χ0n) is 36.9. The molecular weight excluding hydrogens is 824 g/mol. The van der Waals surface area contributed by atoms with Gasteiger partial charge in [0.25, 0.3) is 0 Å². The lowest BCUT2D eigenvalue weighted by Crippen LogP contribution is -2.43. The van der Waals surface area contributed by atoms with Crippen molar-refractivity contribution in [3.05, 3.63) is 94.8 Å². The van der Waals surface area contributed by atoms with Crippen molar-refractivity contribution in [3.8, 4) is 46.0 Å². The number of halogens is 1. The molecule has 3 unspecified atom stereocenters. The van der Waals surface area contributed by atoms with E-state index in [1.807, 2.05) is 20.8 Å². The minimum Gasteiger partial charge on any atom is -0.504 e. The number of nitrogens with zero attached hydrogens (tertiary/aromatic N) is 2. The van der Waals surface area contributed by atoms with Crippen molar-refractivity contribution >= 4 is 11.8 Å². The third-order valence-corrected chi connectivity index (χ3v) is 9.21. The highest BCUT2D eigenvalue weighted by Crippen LogP contribution is 2.31. The number of hydrogen-bond donors (Lipinski definition) is 14. The third-order valence-electron chi connectivity index (χ3n) is 9.21. The van der Waals surface area contributed by atoms with Crippen LogP contribution in [0.2, 0.25) is 0 Å². The molecule has 0 aliphatic carbocycles. The van der Waals surface area contributed by atoms with E-state index in [4.69, 9.17) is 31.9 Å². The maximum absolute atomic E-state index is 13.0. The van der Waals surface area contributed by atoms with Crippen LogP contribution in [0.1, 0.15) is 61.7 Å². The number of phenols is 8. The quantitative estimate of drug-likeness (QED) is 0.0809. The Hall–Kier alpha value is -6.09. The van der Waals surface area contributed by atoms with Crippen LogP contribution >= 0.6 is 0 Å². The number of nitrogens with two attached hydrogens (primary N) is 2. The van der Waals surface area contributed by atoms with Crippen molar-refractivity contribution in [1.82, 2.24) is 20.4 Å². The summed E-state index contributed by atoms with van der Waals surface area (Å²) < 4.78 is 13.0. The number of carbonyl (C=O) groups excluding carboxylic acids is 2. The number of phenolic OH excluding ortho intramolecular Hbond substituents is 8. The Kier molecular flexibility index (Phi) is 23.0. The fourth-order valence-electron chi connectivity index (χ4n) is 5.69. The van der Waals surface area contributed by atoms with E-state index < -0.39 is 35.6 Å². The fourth-order valence-corrected chi connectivity index (χ4v) is 5.69. The minimum absolute atomic E-state index is 0.0277. The Labute approximate surface area is 367 Å². The average molecular weight is 889 g/mol. The molecule has 2 amide bonds. The molecule has 0 saturated heterocycles. The predicted molar refractivity (Wildman–Crippen MR) is 236 cm³/mol. The summed E-state index contributed by atoms with van der Waals surface area (Å²) in [6.45, 7) is 5.87. The van der Waals surface area contributed by atoms with Gasteiger partial charge in [-0.05, 0) is 85.5 Å². The van der Waals surface area contributed by atoms with Gasteiger partial charge in [0.2, 0.25) is 11.8 Å². The number of amides is 2. The number of aliphatic hydroxyl groups excluding tert-OH is 2. The van der Waals surface area contributed by atoms with Gasteiger partial charge in [-0.2, -0.15) is 0 Å². The fraction of sp³-hybridized carbons (Fsp3) is 0.409. The summed E-state index contributed by atoms with van der Waals surface area (Å²) in [6.07, 6.45) is -0.312. The number of aromatic hydroxyl groups is 8. The van der Waals surface area contributed by atoms with Crippen LogP contribution in [-0.2, 0) is 22.4 Å². The molecule has 19 heteroatoms. The van der Waals surface area contributed by atoms with Crippen molar-refractivity contribution in [2.24, 2.45) is 11.5 Å². The Balaban J connectivity index is 0.000000422. The molecule has 0 aromatic heterocycles. The molecule has 0 heterocycles. The first-order chi connectivity index (χ1) is 29.4. The SMILES string of the molecule is CCC(NC(C)C)C(O)c1ccc(O)c(O)c1.CN(C)C(=O)[C@H](N)Cc1ccc(O)c(O)c1.CN[C@H](Cc1ccc(O)c(O)c1)C(=O)N(C)C.NCC(O)c1cc(O)c(O)cc1F. The van der Waals surface area contributed by atoms with Gasteiger partial charge in [-0.25, -0.2) is 4.39 Å². The third kappa shape index (κ3) is 18.0. The van der Waals surface area contributed by atoms with E-state index in [-0.39, 0.29) is 76.5 Å². The molecule has 0 aliphatic heterocycles. The van der Waals surface area contributed by atoms with Crippen molar-refractivity contribution in [2.75, 3.05) is 41.8 Å². The lowest BCUT2D eigenvalue weighted by molar-refractivity contribution is -0.131. The first-order valence-corrected chi connectivity index (χ1v) is 19.8. The summed E-state index contributed by atoms with van der Waals surface area (Å²) in [6, 6.07) is 14.2. The molecule has 63 heavy (non-hydrogen) atoms. The summed E-state index contributed by atoms with van der Waals surface area (Å²) in [4.78, 5) is 26.2. The van der Waals surface area contributed by atoms with Gasteiger partial charge in [-0.1, -0.05) is 39.0 Å². The lowest BCUT2D eigenvalue weighted by Gasteiger charge is -2.25. The summed E-state index contributed by atoms with van der Waals surface area (Å²) in [5.41, 5.74) is 12.8. The van der Waals surface area contributed by atoms with Crippen LogP contribution < -0.4 is 22.1 Å². The topological polar surface area (TPSA) is 319 Å². The minimum atomic E-state index is -1.17. The van der Waals surface area contributed by atoms with E-state index in [9.17, 15) is 44.6 Å². The molecule has 4 aromatic rings. The van der Waals surface area contributed by atoms with Gasteiger partial charge in [0.1, 0.15) is 5.82 Å². The highest BCUT2D eigenvalue weighted by molar-refractivity contribution is 5.82. The van der Waals surface area contributed by atoms with Gasteiger partial charge in [0.15, 0.2) is 46.0 Å². The monoisotopic (exact) mass is 888 g/mol. The van der Waals surface area contributed by atoms with Gasteiger partial charge >= 0.3 is 0 Å². The number of carbonyl (C=O) groups is 2. The van der Waals surface area contributed by atoms with Crippen LogP contribution in [-0.4, -0.2) is 139 Å². The summed E-state index contributed by atoms with van der Waals surface area (Å²) >= 11 is 0. The van der Waals surface area contributed by atoms with Gasteiger partial charge in [-0.15, -0.1) is 0 Å². The predicted octanol–water partition coefficient (Wildman–Crippen LogP) is 2.51. The van der Waals surface area contributed by atoms with E-state index in [0.29, 0.717) is 24.0 Å². The van der Waals surface area contributed by atoms with Gasteiger partial charge < -0.3 is 83.0 Å². The Morgan fingerprint density at radius 1 is 0.667 bits per heavy atom. The molecule has 350 valence electrons. The number of nitrogens with one attached hydrogen (secondary N) is 2. The molecule has 5 atom stereocenters. The Morgan fingerprint density at radius 2 is 1.11 bits per heavy atom. The largest absolute Gasteiger partial charge is 0.504 e. The Morgan fingerprint density at radius 3 is 1.52 bits per heavy atom. The zero-order chi connectivity index (χ0) is 48.3. The molecule has 0 aliphatic rings. The van der Waals surface area contributed by atoms with Crippen molar-refractivity contribution in [2.45, 2.75) is 76.4 Å². The zero-order valence-corrected chi connectivity index (χ0v) is 36.9. The summed E-state index contributed by atoms with van der Waals surface area (Å²) in [7, 11) is 8.38. The van der Waals surface area contributed by atoms with Crippen LogP contribution in [0.3, 0.4) is 0 Å². The number of benzene rings is 4. The normalized spacial score (nSPS) is 13.0. The number of hydrogen-bond acceptors (Lipinski definition) is 16. The second-order valence-corrected chi connectivity index (χ2v) is 15.1. The van der Waals surface area contributed by atoms with E-state index >= 15 is 0 Å². The molecule has 16 N–H and O–H groups in total. The second kappa shape index (κ2) is 26.4. The molecule has 0 bridgehead atoms. The lowest BCUT2D eigenvalue weighted by atomic mass is 9.99. The molecule has 4 aromatic carbocycles. The molecular formula is C44H65FN6O12. The van der Waals surface area contributed by atoms with E-state index in [1.165, 1.54) is 46.2 Å². The van der Waals surface area contributed by atoms with E-state index in [1.54, 1.807) is 53.4 Å². The first kappa shape index (κ1) is 54.9. The van der Waals surface area contributed by atoms with Gasteiger partial charge in [-0.3, -0.25) is 9.59 Å². The van der Waals surface area contributed by atoms with Gasteiger partial charge in [0, 0.05) is 58.4 Å². The second-order valence-electron chi connectivity index (χ2n) is 15.1. The van der Waals surface area contributed by atoms with Crippen LogP contribution in [0, 0.1) is 5.82 Å². The number of likely N-dealkylation sites (N-methyl/N-ethyl adjacent to an activating group) is 3. The van der Waals surface area contributed by atoms with Crippen molar-refractivity contribution in [1.29, 1.82) is 0 Å². The average Bonchev–Trinajstić information content (AvgIpc) is 3.23. The molecule has 0 radical (unpaired) electrons. The molecule has 0 fully saturated rings. The summed E-state index contributed by atoms with van der Waals surface area (Å²) in [5.74, 6) is -3.15. The van der Waals surface area contributed by atoms with Crippen LogP contribution in [0.15, 0.2) is 66.7 Å². The van der Waals surface area contributed by atoms with Gasteiger partial charge in [0.05, 0.1) is 24.3 Å². The molecule has 18 nitrogen and oxygen atoms in total.